The van der Waals surface area contributed by atoms with Crippen molar-refractivity contribution in [1.29, 1.82) is 0 Å². The number of ether oxygens (including phenoxy) is 3. The number of carbonyl (C=O) groups is 5. The molecule has 0 spiro atoms. The third kappa shape index (κ3) is 11.7. The minimum absolute atomic E-state index is 0.0114. The van der Waals surface area contributed by atoms with Gasteiger partial charge in [0.15, 0.2) is 0 Å². The van der Waals surface area contributed by atoms with E-state index in [0.717, 1.165) is 16.7 Å². The zero-order valence-corrected chi connectivity index (χ0v) is 37.1. The maximum Gasteiger partial charge on any atom is 0.409 e. The summed E-state index contributed by atoms with van der Waals surface area (Å²) in [4.78, 5) is 68.4. The minimum atomic E-state index is -1.61. The molecule has 57 heavy (non-hydrogen) atoms. The van der Waals surface area contributed by atoms with Crippen molar-refractivity contribution in [2.45, 2.75) is 128 Å². The highest BCUT2D eigenvalue weighted by Crippen LogP contribution is 2.49. The third-order valence-corrected chi connectivity index (χ3v) is 14.8. The molecule has 316 valence electrons. The Hall–Kier alpha value is -3.24. The molecule has 3 aliphatic rings. The van der Waals surface area contributed by atoms with Gasteiger partial charge in [-0.15, -0.1) is 0 Å². The molecule has 0 aromatic heterocycles. The van der Waals surface area contributed by atoms with Gasteiger partial charge in [-0.3, -0.25) is 19.7 Å². The number of benzene rings is 1. The molecule has 0 aliphatic carbocycles. The summed E-state index contributed by atoms with van der Waals surface area (Å²) in [6, 6.07) is 2.86. The van der Waals surface area contributed by atoms with E-state index in [1.807, 2.05) is 65.0 Å². The Morgan fingerprint density at radius 3 is 2.58 bits per heavy atom. The highest BCUT2D eigenvalue weighted by atomic mass is 35.5. The van der Waals surface area contributed by atoms with Gasteiger partial charge in [0.1, 0.15) is 29.6 Å². The Labute approximate surface area is 349 Å². The quantitative estimate of drug-likeness (QED) is 0.102. The number of anilines is 1. The maximum absolute atomic E-state index is 14.2. The van der Waals surface area contributed by atoms with E-state index in [1.165, 1.54) is 20.6 Å². The molecule has 0 saturated carbocycles. The van der Waals surface area contributed by atoms with Crippen LogP contribution in [0.3, 0.4) is 0 Å². The first-order chi connectivity index (χ1) is 26.7. The summed E-state index contributed by atoms with van der Waals surface area (Å²) in [6.07, 6.45) is 4.08. The molecule has 1 unspecified atom stereocenters. The van der Waals surface area contributed by atoms with Gasteiger partial charge in [-0.2, -0.15) is 0 Å². The van der Waals surface area contributed by atoms with E-state index in [-0.39, 0.29) is 42.2 Å². The molecule has 3 aliphatic heterocycles. The van der Waals surface area contributed by atoms with Crippen molar-refractivity contribution in [1.82, 2.24) is 15.5 Å². The number of nitrogens with one attached hydrogen (secondary N) is 2. The molecular weight excluding hydrogens is 792 g/mol. The molecule has 9 atom stereocenters. The first-order valence-corrected chi connectivity index (χ1v) is 22.2. The van der Waals surface area contributed by atoms with Crippen LogP contribution in [0.4, 0.5) is 10.5 Å². The fraction of sp³-hybridized carbons (Fsp3) is 0.634. The van der Waals surface area contributed by atoms with E-state index in [9.17, 15) is 29.1 Å². The van der Waals surface area contributed by atoms with Gasteiger partial charge in [0.25, 0.3) is 0 Å². The van der Waals surface area contributed by atoms with Gasteiger partial charge < -0.3 is 34.4 Å². The molecule has 3 N–H and O–H groups in total. The summed E-state index contributed by atoms with van der Waals surface area (Å²) < 4.78 is 18.1. The smallest absolute Gasteiger partial charge is 0.409 e. The number of amides is 4. The fourth-order valence-corrected chi connectivity index (χ4v) is 9.70. The Bertz CT molecular complexity index is 1750. The lowest BCUT2D eigenvalue weighted by Crippen LogP contribution is -2.60. The number of alkyl carbamates (subject to hydrolysis) is 1. The predicted molar refractivity (Wildman–Crippen MR) is 225 cm³/mol. The lowest BCUT2D eigenvalue weighted by Gasteiger charge is -2.41. The standard InChI is InChI=1S/C41H59ClN4O9S2/c1-23-12-11-13-25(3)41(52)22-31(53-39(51)44-41)27(5)37-40(7,55-37)32(21-35(49)46(10)30-20-29(18-23)19-24(2)36(30)42)54-38(50)28(6)45(9)34(48)16-17-56-57-26(4)14-15-33(47)43-8/h11-13,19-20,25-28,31-32,37,52H,14-18,21-22H2,1-10H3,(H,43,47)(H,44,51)/b13-11+,23-12+/t25-,26?,27-,28+,31+,32+,37+,40-,41+/m1/s1. The van der Waals surface area contributed by atoms with Crippen LogP contribution in [-0.4, -0.2) is 108 Å². The van der Waals surface area contributed by atoms with Crippen LogP contribution in [0.1, 0.15) is 84.8 Å². The molecule has 16 heteroatoms. The summed E-state index contributed by atoms with van der Waals surface area (Å²) in [5.74, 6) is -1.79. The number of hydrogen-bond donors (Lipinski definition) is 3. The van der Waals surface area contributed by atoms with Crippen molar-refractivity contribution in [3.63, 3.8) is 0 Å². The highest BCUT2D eigenvalue weighted by Gasteiger charge is 2.64. The van der Waals surface area contributed by atoms with Gasteiger partial charge in [0.2, 0.25) is 17.7 Å². The van der Waals surface area contributed by atoms with Gasteiger partial charge >= 0.3 is 12.1 Å². The molecule has 13 nitrogen and oxygen atoms in total. The van der Waals surface area contributed by atoms with Crippen LogP contribution < -0.4 is 15.5 Å². The number of likely N-dealkylation sites (N-methyl/N-ethyl adjacent to an activating group) is 1. The Morgan fingerprint density at radius 1 is 1.19 bits per heavy atom. The van der Waals surface area contributed by atoms with Crippen LogP contribution in [0.5, 0.6) is 0 Å². The van der Waals surface area contributed by atoms with Crippen molar-refractivity contribution in [3.8, 4) is 0 Å². The van der Waals surface area contributed by atoms with Crippen LogP contribution in [0.2, 0.25) is 5.02 Å². The Balaban J connectivity index is 1.57. The van der Waals surface area contributed by atoms with Gasteiger partial charge in [-0.1, -0.05) is 83.8 Å². The number of aliphatic hydroxyl groups is 1. The van der Waals surface area contributed by atoms with Crippen LogP contribution in [0, 0.1) is 18.8 Å². The monoisotopic (exact) mass is 850 g/mol. The fourth-order valence-electron chi connectivity index (χ4n) is 7.14. The van der Waals surface area contributed by atoms with E-state index in [4.69, 9.17) is 25.8 Å². The van der Waals surface area contributed by atoms with Crippen molar-refractivity contribution in [2.24, 2.45) is 11.8 Å². The number of nitrogens with zero attached hydrogens (tertiary/aromatic N) is 2. The van der Waals surface area contributed by atoms with Crippen molar-refractivity contribution < 1.29 is 43.3 Å². The lowest BCUT2D eigenvalue weighted by molar-refractivity contribution is -0.161. The topological polar surface area (TPSA) is 167 Å². The number of fused-ring (bicyclic) bond motifs is 5. The summed E-state index contributed by atoms with van der Waals surface area (Å²) in [6.45, 7) is 12.9. The van der Waals surface area contributed by atoms with Crippen molar-refractivity contribution in [3.05, 3.63) is 52.1 Å². The summed E-state index contributed by atoms with van der Waals surface area (Å²) in [5.41, 5.74) is 0.462. The number of hydrogen-bond acceptors (Lipinski definition) is 11. The molecule has 2 saturated heterocycles. The van der Waals surface area contributed by atoms with Gasteiger partial charge in [0, 0.05) is 63.2 Å². The summed E-state index contributed by atoms with van der Waals surface area (Å²) >= 11 is 6.79. The predicted octanol–water partition coefficient (Wildman–Crippen LogP) is 6.12. The number of halogens is 1. The van der Waals surface area contributed by atoms with Crippen molar-refractivity contribution in [2.75, 3.05) is 31.8 Å². The molecule has 4 bridgehead atoms. The van der Waals surface area contributed by atoms with Crippen LogP contribution in [0.25, 0.3) is 0 Å². The largest absolute Gasteiger partial charge is 0.457 e. The molecule has 4 amide bonds. The molecule has 1 aromatic carbocycles. The van der Waals surface area contributed by atoms with E-state index in [1.54, 1.807) is 45.8 Å². The SMILES string of the molecule is CNC(=O)CCC(C)SSCCC(=O)N(C)[C@@H](C)C(=O)O[C@H]1CC(=O)N(C)c2cc(cc(C)c2Cl)C/C(C)=C/C=C/[C@@H](C)[C@@]2(O)C[C@H](OC(=O)N2)[C@@H](C)[C@@H]2O[C@]12C. The van der Waals surface area contributed by atoms with E-state index in [2.05, 4.69) is 10.6 Å². The van der Waals surface area contributed by atoms with Gasteiger partial charge in [0.05, 0.1) is 23.2 Å². The second-order valence-corrected chi connectivity index (χ2v) is 19.1. The second kappa shape index (κ2) is 19.7. The highest BCUT2D eigenvalue weighted by molar-refractivity contribution is 8.76. The number of rotatable bonds is 11. The second-order valence-electron chi connectivity index (χ2n) is 15.8. The van der Waals surface area contributed by atoms with Gasteiger partial charge in [-0.05, 0) is 57.7 Å². The summed E-state index contributed by atoms with van der Waals surface area (Å²) in [7, 11) is 7.93. The van der Waals surface area contributed by atoms with Gasteiger partial charge in [-0.25, -0.2) is 9.59 Å². The minimum Gasteiger partial charge on any atom is -0.457 e. The molecule has 2 fully saturated rings. The Kier molecular flexibility index (Phi) is 16.0. The first-order valence-electron chi connectivity index (χ1n) is 19.4. The number of carbonyl (C=O) groups excluding carboxylic acids is 5. The van der Waals surface area contributed by atoms with E-state index < -0.39 is 59.6 Å². The zero-order chi connectivity index (χ0) is 42.4. The average molecular weight is 852 g/mol. The van der Waals surface area contributed by atoms with Crippen LogP contribution >= 0.6 is 33.2 Å². The van der Waals surface area contributed by atoms with Crippen LogP contribution in [-0.2, 0) is 39.8 Å². The maximum atomic E-state index is 14.2. The number of aryl methyl sites for hydroxylation is 1. The molecular formula is C41H59ClN4O9S2. The summed E-state index contributed by atoms with van der Waals surface area (Å²) in [5, 5.41) is 17.6. The normalized spacial score (nSPS) is 30.4. The molecule has 3 heterocycles. The first kappa shape index (κ1) is 46.4. The zero-order valence-electron chi connectivity index (χ0n) is 34.7. The number of allylic oxidation sites excluding steroid dienone is 3. The molecule has 0 radical (unpaired) electrons. The average Bonchev–Trinajstić information content (AvgIpc) is 3.86. The number of epoxide rings is 1. The van der Waals surface area contributed by atoms with Crippen molar-refractivity contribution >= 4 is 68.7 Å². The van der Waals surface area contributed by atoms with E-state index >= 15 is 0 Å². The van der Waals surface area contributed by atoms with E-state index in [0.29, 0.717) is 35.7 Å². The third-order valence-electron chi connectivity index (χ3n) is 11.4. The Morgan fingerprint density at radius 2 is 1.89 bits per heavy atom. The molecule has 4 rings (SSSR count). The lowest BCUT2D eigenvalue weighted by atomic mass is 9.82. The molecule has 1 aromatic rings. The van der Waals surface area contributed by atoms with Crippen LogP contribution in [0.15, 0.2) is 35.9 Å². The number of esters is 1.